The van der Waals surface area contributed by atoms with E-state index in [4.69, 9.17) is 17.3 Å². The lowest BCUT2D eigenvalue weighted by Gasteiger charge is -2.44. The molecule has 0 saturated carbocycles. The molecule has 2 N–H and O–H groups in total. The Hall–Kier alpha value is -0.220. The molecule has 0 amide bonds. The van der Waals surface area contributed by atoms with E-state index in [1.54, 1.807) is 0 Å². The minimum absolute atomic E-state index is 0.104. The fourth-order valence-corrected chi connectivity index (χ4v) is 4.74. The molecule has 0 spiro atoms. The van der Waals surface area contributed by atoms with Crippen molar-refractivity contribution in [2.45, 2.75) is 37.1 Å². The molecule has 19 heavy (non-hydrogen) atoms. The predicted molar refractivity (Wildman–Crippen MR) is 86.0 cm³/mol. The van der Waals surface area contributed by atoms with Gasteiger partial charge in [-0.25, -0.2) is 0 Å². The first-order valence-electron chi connectivity index (χ1n) is 6.81. The summed E-state index contributed by atoms with van der Waals surface area (Å²) in [7, 11) is 2.20. The number of benzene rings is 1. The Balaban J connectivity index is 2.25. The van der Waals surface area contributed by atoms with Crippen LogP contribution >= 0.6 is 23.4 Å². The van der Waals surface area contributed by atoms with Gasteiger partial charge in [-0.3, -0.25) is 4.90 Å². The van der Waals surface area contributed by atoms with Crippen molar-refractivity contribution in [3.8, 4) is 0 Å². The van der Waals surface area contributed by atoms with E-state index in [-0.39, 0.29) is 5.54 Å². The number of nitrogens with zero attached hydrogens (tertiary/aromatic N) is 1. The predicted octanol–water partition coefficient (Wildman–Crippen LogP) is 3.56. The molecule has 1 fully saturated rings. The topological polar surface area (TPSA) is 29.3 Å². The van der Waals surface area contributed by atoms with Crippen molar-refractivity contribution >= 4 is 23.4 Å². The van der Waals surface area contributed by atoms with Crippen LogP contribution in [0, 0.1) is 0 Å². The SMILES string of the molecule is CC(c1cccc(Cl)c1)N(C)C1(CN)CCSC1C. The molecule has 0 aromatic heterocycles. The minimum atomic E-state index is 0.104. The summed E-state index contributed by atoms with van der Waals surface area (Å²) in [5, 5.41) is 1.37. The van der Waals surface area contributed by atoms with Crippen molar-refractivity contribution in [1.82, 2.24) is 4.90 Å². The maximum Gasteiger partial charge on any atom is 0.0458 e. The van der Waals surface area contributed by atoms with E-state index in [0.29, 0.717) is 17.8 Å². The van der Waals surface area contributed by atoms with Gasteiger partial charge in [0.25, 0.3) is 0 Å². The number of halogens is 1. The van der Waals surface area contributed by atoms with E-state index < -0.39 is 0 Å². The Morgan fingerprint density at radius 2 is 2.32 bits per heavy atom. The fourth-order valence-electron chi connectivity index (χ4n) is 3.02. The van der Waals surface area contributed by atoms with Crippen LogP contribution in [0.5, 0.6) is 0 Å². The summed E-state index contributed by atoms with van der Waals surface area (Å²) in [6, 6.07) is 8.46. The second kappa shape index (κ2) is 6.04. The highest BCUT2D eigenvalue weighted by molar-refractivity contribution is 8.00. The molecule has 1 aromatic rings. The summed E-state index contributed by atoms with van der Waals surface area (Å²) in [6.07, 6.45) is 1.16. The highest BCUT2D eigenvalue weighted by Gasteiger charge is 2.44. The number of likely N-dealkylation sites (N-methyl/N-ethyl adjacent to an activating group) is 1. The maximum atomic E-state index is 6.12. The standard InChI is InChI=1S/C15H23ClN2S/c1-11(13-5-4-6-14(16)9-13)18(3)15(10-17)7-8-19-12(15)2/h4-6,9,11-12H,7-8,10,17H2,1-3H3. The van der Waals surface area contributed by atoms with Crippen LogP contribution in [-0.2, 0) is 0 Å². The van der Waals surface area contributed by atoms with Gasteiger partial charge >= 0.3 is 0 Å². The first kappa shape index (κ1) is 15.2. The molecule has 1 aliphatic rings. The van der Waals surface area contributed by atoms with Crippen molar-refractivity contribution in [3.63, 3.8) is 0 Å². The van der Waals surface area contributed by atoms with Crippen LogP contribution in [0.3, 0.4) is 0 Å². The zero-order valence-corrected chi connectivity index (χ0v) is 13.5. The summed E-state index contributed by atoms with van der Waals surface area (Å²) in [4.78, 5) is 2.45. The van der Waals surface area contributed by atoms with E-state index in [2.05, 4.69) is 37.9 Å². The number of rotatable bonds is 4. The van der Waals surface area contributed by atoms with E-state index in [1.807, 2.05) is 23.9 Å². The molecule has 0 aliphatic carbocycles. The second-order valence-corrected chi connectivity index (χ2v) is 7.30. The van der Waals surface area contributed by atoms with Gasteiger partial charge in [-0.05, 0) is 43.8 Å². The molecule has 3 atom stereocenters. The molecule has 1 saturated heterocycles. The highest BCUT2D eigenvalue weighted by Crippen LogP contribution is 2.42. The van der Waals surface area contributed by atoms with Gasteiger partial charge in [-0.1, -0.05) is 30.7 Å². The summed E-state index contributed by atoms with van der Waals surface area (Å²) >= 11 is 8.13. The van der Waals surface area contributed by atoms with E-state index in [0.717, 1.165) is 11.4 Å². The minimum Gasteiger partial charge on any atom is -0.329 e. The van der Waals surface area contributed by atoms with Gasteiger partial charge in [0.1, 0.15) is 0 Å². The molecule has 1 aromatic carbocycles. The Bertz CT molecular complexity index is 440. The first-order chi connectivity index (χ1) is 9.01. The molecule has 1 aliphatic heterocycles. The van der Waals surface area contributed by atoms with Crippen LogP contribution in [0.2, 0.25) is 5.02 Å². The number of hydrogen-bond acceptors (Lipinski definition) is 3. The summed E-state index contributed by atoms with van der Waals surface area (Å²) in [5.41, 5.74) is 7.48. The van der Waals surface area contributed by atoms with Crippen LogP contribution in [0.1, 0.15) is 31.9 Å². The first-order valence-corrected chi connectivity index (χ1v) is 8.24. The summed E-state index contributed by atoms with van der Waals surface area (Å²) in [5.74, 6) is 1.20. The van der Waals surface area contributed by atoms with Gasteiger partial charge in [0.15, 0.2) is 0 Å². The Labute approximate surface area is 125 Å². The Morgan fingerprint density at radius 1 is 1.58 bits per heavy atom. The largest absolute Gasteiger partial charge is 0.329 e. The van der Waals surface area contributed by atoms with Crippen molar-refractivity contribution in [3.05, 3.63) is 34.9 Å². The van der Waals surface area contributed by atoms with Crippen molar-refractivity contribution < 1.29 is 0 Å². The van der Waals surface area contributed by atoms with E-state index in [1.165, 1.54) is 11.3 Å². The van der Waals surface area contributed by atoms with Crippen LogP contribution in [0.15, 0.2) is 24.3 Å². The number of thioether (sulfide) groups is 1. The molecular formula is C15H23ClN2S. The Kier molecular flexibility index (Phi) is 4.83. The summed E-state index contributed by atoms with van der Waals surface area (Å²) < 4.78 is 0. The lowest BCUT2D eigenvalue weighted by atomic mass is 9.88. The molecule has 3 unspecified atom stereocenters. The zero-order chi connectivity index (χ0) is 14.0. The van der Waals surface area contributed by atoms with E-state index in [9.17, 15) is 0 Å². The van der Waals surface area contributed by atoms with E-state index >= 15 is 0 Å². The molecule has 0 radical (unpaired) electrons. The molecule has 2 nitrogen and oxygen atoms in total. The van der Waals surface area contributed by atoms with Gasteiger partial charge in [-0.15, -0.1) is 0 Å². The van der Waals surface area contributed by atoms with Crippen molar-refractivity contribution in [1.29, 1.82) is 0 Å². The number of hydrogen-bond donors (Lipinski definition) is 1. The maximum absolute atomic E-state index is 6.12. The van der Waals surface area contributed by atoms with Crippen LogP contribution in [0.4, 0.5) is 0 Å². The lowest BCUT2D eigenvalue weighted by molar-refractivity contribution is 0.0879. The Morgan fingerprint density at radius 3 is 2.84 bits per heavy atom. The third kappa shape index (κ3) is 2.80. The third-order valence-electron chi connectivity index (χ3n) is 4.63. The molecular weight excluding hydrogens is 276 g/mol. The van der Waals surface area contributed by atoms with Crippen LogP contribution < -0.4 is 5.73 Å². The van der Waals surface area contributed by atoms with Crippen molar-refractivity contribution in [2.24, 2.45) is 5.73 Å². The third-order valence-corrected chi connectivity index (χ3v) is 6.24. The molecule has 1 heterocycles. The second-order valence-electron chi connectivity index (χ2n) is 5.41. The van der Waals surface area contributed by atoms with Gasteiger partial charge in [0.2, 0.25) is 0 Å². The quantitative estimate of drug-likeness (QED) is 0.921. The fraction of sp³-hybridized carbons (Fsp3) is 0.600. The van der Waals surface area contributed by atoms with Gasteiger partial charge in [0, 0.05) is 28.4 Å². The molecule has 4 heteroatoms. The average molecular weight is 299 g/mol. The normalized spacial score (nSPS) is 28.8. The molecule has 0 bridgehead atoms. The van der Waals surface area contributed by atoms with Gasteiger partial charge < -0.3 is 5.73 Å². The number of nitrogens with two attached hydrogens (primary N) is 1. The lowest BCUT2D eigenvalue weighted by Crippen LogP contribution is -2.56. The summed E-state index contributed by atoms with van der Waals surface area (Å²) in [6.45, 7) is 5.24. The smallest absolute Gasteiger partial charge is 0.0458 e. The van der Waals surface area contributed by atoms with Gasteiger partial charge in [0.05, 0.1) is 0 Å². The zero-order valence-electron chi connectivity index (χ0n) is 11.9. The van der Waals surface area contributed by atoms with Gasteiger partial charge in [-0.2, -0.15) is 11.8 Å². The van der Waals surface area contributed by atoms with Crippen molar-refractivity contribution in [2.75, 3.05) is 19.3 Å². The monoisotopic (exact) mass is 298 g/mol. The molecule has 2 rings (SSSR count). The average Bonchev–Trinajstić information content (AvgIpc) is 2.79. The molecule has 106 valence electrons. The van der Waals surface area contributed by atoms with Crippen LogP contribution in [0.25, 0.3) is 0 Å². The van der Waals surface area contributed by atoms with Crippen LogP contribution in [-0.4, -0.2) is 35.0 Å². The highest BCUT2D eigenvalue weighted by atomic mass is 35.5.